The molecule has 13 heteroatoms. The van der Waals surface area contributed by atoms with Crippen molar-refractivity contribution in [2.24, 2.45) is 0 Å². The molecule has 0 atom stereocenters. The van der Waals surface area contributed by atoms with E-state index in [1.165, 1.54) is 36.2 Å². The van der Waals surface area contributed by atoms with E-state index < -0.39 is 53.8 Å². The summed E-state index contributed by atoms with van der Waals surface area (Å²) in [6.07, 6.45) is -5.06. The Balaban J connectivity index is 1.84. The standard InChI is InChI=1S/C24H22BrF3N2O5S2/c1-30(23(31)18-9-7-17(16-25)8-10-18)14-13-29-37(34,35)22-15-20(11-12-21(22)24(26,27)28)36(32,33)19-5-3-2-4-6-19/h2-12,15,29H,13-14,16H2,1H3. The summed E-state index contributed by atoms with van der Waals surface area (Å²) < 4.78 is 94.5. The molecule has 198 valence electrons. The maximum absolute atomic E-state index is 13.6. The molecule has 0 radical (unpaired) electrons. The molecule has 1 N–H and O–H groups in total. The van der Waals surface area contributed by atoms with Crippen LogP contribution >= 0.6 is 15.9 Å². The lowest BCUT2D eigenvalue weighted by Crippen LogP contribution is -2.36. The minimum atomic E-state index is -5.06. The van der Waals surface area contributed by atoms with E-state index >= 15 is 0 Å². The predicted molar refractivity (Wildman–Crippen MR) is 135 cm³/mol. The number of hydrogen-bond donors (Lipinski definition) is 1. The highest BCUT2D eigenvalue weighted by Crippen LogP contribution is 2.36. The van der Waals surface area contributed by atoms with Gasteiger partial charge in [0, 0.05) is 31.0 Å². The SMILES string of the molecule is CN(CCNS(=O)(=O)c1cc(S(=O)(=O)c2ccccc2)ccc1C(F)(F)F)C(=O)c1ccc(CBr)cc1. The zero-order valence-corrected chi connectivity index (χ0v) is 22.6. The molecule has 0 heterocycles. The van der Waals surface area contributed by atoms with Crippen molar-refractivity contribution in [1.82, 2.24) is 9.62 Å². The van der Waals surface area contributed by atoms with Gasteiger partial charge in [0.15, 0.2) is 0 Å². The van der Waals surface area contributed by atoms with Crippen molar-refractivity contribution >= 4 is 41.7 Å². The second-order valence-electron chi connectivity index (χ2n) is 7.93. The lowest BCUT2D eigenvalue weighted by Gasteiger charge is -2.19. The fraction of sp³-hybridized carbons (Fsp3) is 0.208. The van der Waals surface area contributed by atoms with Crippen molar-refractivity contribution in [2.45, 2.75) is 26.2 Å². The summed E-state index contributed by atoms with van der Waals surface area (Å²) in [5, 5.41) is 0.604. The van der Waals surface area contributed by atoms with Crippen molar-refractivity contribution in [1.29, 1.82) is 0 Å². The predicted octanol–water partition coefficient (Wildman–Crippen LogP) is 4.48. The normalized spacial score (nSPS) is 12.4. The molecule has 0 aliphatic rings. The second-order valence-corrected chi connectivity index (χ2v) is 12.2. The number of carbonyl (C=O) groups is 1. The van der Waals surface area contributed by atoms with Crippen LogP contribution in [0.1, 0.15) is 21.5 Å². The van der Waals surface area contributed by atoms with Crippen LogP contribution < -0.4 is 4.72 Å². The molecule has 3 aromatic carbocycles. The Bertz CT molecular complexity index is 1480. The molecule has 0 unspecified atom stereocenters. The Kier molecular flexibility index (Phi) is 8.83. The number of sulfonamides is 1. The largest absolute Gasteiger partial charge is 0.417 e. The van der Waals surface area contributed by atoms with Crippen LogP contribution in [0.2, 0.25) is 0 Å². The van der Waals surface area contributed by atoms with Gasteiger partial charge in [-0.25, -0.2) is 21.6 Å². The summed E-state index contributed by atoms with van der Waals surface area (Å²) >= 11 is 3.30. The molecule has 0 aliphatic heterocycles. The smallest absolute Gasteiger partial charge is 0.340 e. The molecule has 0 fully saturated rings. The Hall–Kier alpha value is -2.74. The number of rotatable bonds is 9. The first-order chi connectivity index (χ1) is 17.3. The van der Waals surface area contributed by atoms with Crippen LogP contribution in [0.4, 0.5) is 13.2 Å². The van der Waals surface area contributed by atoms with Gasteiger partial charge < -0.3 is 4.90 Å². The zero-order valence-electron chi connectivity index (χ0n) is 19.4. The first-order valence-electron chi connectivity index (χ1n) is 10.7. The average molecular weight is 619 g/mol. The molecule has 0 aromatic heterocycles. The summed E-state index contributed by atoms with van der Waals surface area (Å²) in [4.78, 5) is 11.8. The van der Waals surface area contributed by atoms with Crippen LogP contribution in [0, 0.1) is 0 Å². The third-order valence-corrected chi connectivity index (χ3v) is 9.27. The van der Waals surface area contributed by atoms with Crippen LogP contribution in [-0.2, 0) is 31.4 Å². The Morgan fingerprint density at radius 1 is 0.919 bits per heavy atom. The minimum absolute atomic E-state index is 0.151. The molecular formula is C24H22BrF3N2O5S2. The van der Waals surface area contributed by atoms with Gasteiger partial charge in [-0.05, 0) is 48.0 Å². The number of sulfone groups is 1. The van der Waals surface area contributed by atoms with Gasteiger partial charge in [-0.1, -0.05) is 46.3 Å². The van der Waals surface area contributed by atoms with E-state index in [2.05, 4.69) is 15.9 Å². The summed E-state index contributed by atoms with van der Waals surface area (Å²) in [7, 11) is -7.67. The monoisotopic (exact) mass is 618 g/mol. The second kappa shape index (κ2) is 11.3. The van der Waals surface area contributed by atoms with Gasteiger partial charge in [0.2, 0.25) is 19.9 Å². The minimum Gasteiger partial charge on any atom is -0.340 e. The topological polar surface area (TPSA) is 101 Å². The number of amides is 1. The number of nitrogens with one attached hydrogen (secondary N) is 1. The third-order valence-electron chi connectivity index (χ3n) is 5.35. The highest BCUT2D eigenvalue weighted by Gasteiger charge is 2.38. The van der Waals surface area contributed by atoms with Crippen molar-refractivity contribution < 1.29 is 34.8 Å². The highest BCUT2D eigenvalue weighted by atomic mass is 79.9. The van der Waals surface area contributed by atoms with Crippen LogP contribution in [0.5, 0.6) is 0 Å². The van der Waals surface area contributed by atoms with Crippen LogP contribution in [-0.4, -0.2) is 47.8 Å². The first kappa shape index (κ1) is 28.8. The van der Waals surface area contributed by atoms with E-state index in [0.29, 0.717) is 23.0 Å². The van der Waals surface area contributed by atoms with E-state index in [0.717, 1.165) is 11.6 Å². The van der Waals surface area contributed by atoms with Crippen LogP contribution in [0.3, 0.4) is 0 Å². The molecular weight excluding hydrogens is 597 g/mol. The van der Waals surface area contributed by atoms with E-state index in [1.807, 2.05) is 4.72 Å². The van der Waals surface area contributed by atoms with Gasteiger partial charge in [0.1, 0.15) is 0 Å². The van der Waals surface area contributed by atoms with Gasteiger partial charge >= 0.3 is 6.18 Å². The van der Waals surface area contributed by atoms with Crippen LogP contribution in [0.15, 0.2) is 87.5 Å². The molecule has 3 rings (SSSR count). The molecule has 3 aromatic rings. The number of hydrogen-bond acceptors (Lipinski definition) is 5. The molecule has 37 heavy (non-hydrogen) atoms. The maximum atomic E-state index is 13.6. The fourth-order valence-corrected chi connectivity index (χ4v) is 6.37. The Labute approximate surface area is 221 Å². The summed E-state index contributed by atoms with van der Waals surface area (Å²) in [5.41, 5.74) is -0.208. The first-order valence-corrected chi connectivity index (χ1v) is 14.8. The van der Waals surface area contributed by atoms with E-state index in [-0.39, 0.29) is 11.4 Å². The summed E-state index contributed by atoms with van der Waals surface area (Å²) in [6, 6.07) is 15.3. The zero-order chi connectivity index (χ0) is 27.4. The molecule has 0 saturated carbocycles. The molecule has 0 spiro atoms. The van der Waals surface area contributed by atoms with Gasteiger partial charge in [-0.3, -0.25) is 4.79 Å². The number of carbonyl (C=O) groups excluding carboxylic acids is 1. The van der Waals surface area contributed by atoms with E-state index in [9.17, 15) is 34.8 Å². The van der Waals surface area contributed by atoms with Crippen molar-refractivity contribution in [3.05, 3.63) is 89.5 Å². The number of nitrogens with zero attached hydrogens (tertiary/aromatic N) is 1. The Morgan fingerprint density at radius 2 is 1.54 bits per heavy atom. The van der Waals surface area contributed by atoms with Gasteiger partial charge in [0.25, 0.3) is 5.91 Å². The lowest BCUT2D eigenvalue weighted by atomic mass is 10.1. The maximum Gasteiger partial charge on any atom is 0.417 e. The van der Waals surface area contributed by atoms with Crippen molar-refractivity contribution in [3.8, 4) is 0 Å². The third kappa shape index (κ3) is 6.78. The molecule has 0 aliphatic carbocycles. The number of alkyl halides is 4. The summed E-state index contributed by atoms with van der Waals surface area (Å²) in [6.45, 7) is -0.557. The van der Waals surface area contributed by atoms with E-state index in [1.54, 1.807) is 30.3 Å². The average Bonchev–Trinajstić information content (AvgIpc) is 2.87. The molecule has 0 saturated heterocycles. The van der Waals surface area contributed by atoms with Crippen molar-refractivity contribution in [3.63, 3.8) is 0 Å². The lowest BCUT2D eigenvalue weighted by molar-refractivity contribution is -0.139. The molecule has 1 amide bonds. The van der Waals surface area contributed by atoms with Gasteiger partial charge in [-0.15, -0.1) is 0 Å². The molecule has 0 bridgehead atoms. The van der Waals surface area contributed by atoms with Gasteiger partial charge in [-0.2, -0.15) is 13.2 Å². The fourth-order valence-electron chi connectivity index (χ4n) is 3.35. The van der Waals surface area contributed by atoms with E-state index in [4.69, 9.17) is 0 Å². The van der Waals surface area contributed by atoms with Crippen molar-refractivity contribution in [2.75, 3.05) is 20.1 Å². The van der Waals surface area contributed by atoms with Gasteiger partial charge in [0.05, 0.1) is 20.2 Å². The summed E-state index contributed by atoms with van der Waals surface area (Å²) in [5.74, 6) is -0.410. The quantitative estimate of drug-likeness (QED) is 0.356. The number of likely N-dealkylation sites (N-methyl/N-ethyl adjacent to an activating group) is 1. The molecule has 7 nitrogen and oxygen atoms in total. The highest BCUT2D eigenvalue weighted by molar-refractivity contribution is 9.08. The van der Waals surface area contributed by atoms with Crippen LogP contribution in [0.25, 0.3) is 0 Å². The number of halogens is 4. The number of benzene rings is 3. The Morgan fingerprint density at radius 3 is 2.11 bits per heavy atom.